The average molecular weight is 341 g/mol. The van der Waals surface area contributed by atoms with Crippen LogP contribution in [-0.4, -0.2) is 48.6 Å². The second-order valence-electron chi connectivity index (χ2n) is 5.97. The SMILES string of the molecule is CN(C)c1ccc(-c2ccc3cc(OCC(O)CF)ccc3n2)cn1. The summed E-state index contributed by atoms with van der Waals surface area (Å²) in [4.78, 5) is 11.0. The molecule has 0 saturated carbocycles. The van der Waals surface area contributed by atoms with Crippen LogP contribution in [0, 0.1) is 0 Å². The summed E-state index contributed by atoms with van der Waals surface area (Å²) in [7, 11) is 3.89. The predicted molar refractivity (Wildman–Crippen MR) is 96.8 cm³/mol. The second-order valence-corrected chi connectivity index (χ2v) is 5.97. The smallest absolute Gasteiger partial charge is 0.127 e. The topological polar surface area (TPSA) is 58.5 Å². The van der Waals surface area contributed by atoms with Crippen molar-refractivity contribution in [3.8, 4) is 17.0 Å². The van der Waals surface area contributed by atoms with E-state index in [0.717, 1.165) is 28.0 Å². The summed E-state index contributed by atoms with van der Waals surface area (Å²) < 4.78 is 17.7. The Hall–Kier alpha value is -2.73. The van der Waals surface area contributed by atoms with Gasteiger partial charge in [-0.15, -0.1) is 0 Å². The van der Waals surface area contributed by atoms with Crippen molar-refractivity contribution >= 4 is 16.7 Å². The summed E-state index contributed by atoms with van der Waals surface area (Å²) in [6.45, 7) is -0.892. The lowest BCUT2D eigenvalue weighted by molar-refractivity contribution is 0.0842. The highest BCUT2D eigenvalue weighted by Gasteiger charge is 2.07. The number of aliphatic hydroxyl groups excluding tert-OH is 1. The van der Waals surface area contributed by atoms with Crippen LogP contribution >= 0.6 is 0 Å². The van der Waals surface area contributed by atoms with Gasteiger partial charge >= 0.3 is 0 Å². The molecule has 0 fully saturated rings. The van der Waals surface area contributed by atoms with Crippen molar-refractivity contribution in [3.05, 3.63) is 48.7 Å². The first-order valence-corrected chi connectivity index (χ1v) is 7.98. The van der Waals surface area contributed by atoms with E-state index >= 15 is 0 Å². The van der Waals surface area contributed by atoms with Crippen molar-refractivity contribution in [1.82, 2.24) is 9.97 Å². The molecule has 0 bridgehead atoms. The first kappa shape index (κ1) is 17.1. The quantitative estimate of drug-likeness (QED) is 0.747. The van der Waals surface area contributed by atoms with Crippen LogP contribution in [0.4, 0.5) is 10.2 Å². The summed E-state index contributed by atoms with van der Waals surface area (Å²) in [5.41, 5.74) is 2.61. The van der Waals surface area contributed by atoms with Crippen LogP contribution in [0.1, 0.15) is 0 Å². The van der Waals surface area contributed by atoms with Crippen molar-refractivity contribution in [2.75, 3.05) is 32.3 Å². The molecule has 0 aliphatic heterocycles. The molecule has 2 heterocycles. The number of fused-ring (bicyclic) bond motifs is 1. The number of aromatic nitrogens is 2. The second kappa shape index (κ2) is 7.44. The lowest BCUT2D eigenvalue weighted by atomic mass is 10.1. The van der Waals surface area contributed by atoms with Gasteiger partial charge in [-0.1, -0.05) is 6.07 Å². The van der Waals surface area contributed by atoms with E-state index in [-0.39, 0.29) is 6.61 Å². The van der Waals surface area contributed by atoms with Gasteiger partial charge in [0.05, 0.1) is 11.2 Å². The van der Waals surface area contributed by atoms with Crippen LogP contribution in [0.5, 0.6) is 5.75 Å². The van der Waals surface area contributed by atoms with Crippen LogP contribution in [-0.2, 0) is 0 Å². The Morgan fingerprint density at radius 1 is 1.16 bits per heavy atom. The monoisotopic (exact) mass is 341 g/mol. The molecule has 1 aromatic carbocycles. The van der Waals surface area contributed by atoms with E-state index in [9.17, 15) is 9.50 Å². The minimum Gasteiger partial charge on any atom is -0.491 e. The van der Waals surface area contributed by atoms with E-state index in [2.05, 4.69) is 9.97 Å². The van der Waals surface area contributed by atoms with Gasteiger partial charge in [-0.3, -0.25) is 0 Å². The number of nitrogens with zero attached hydrogens (tertiary/aromatic N) is 3. The zero-order chi connectivity index (χ0) is 17.8. The molecule has 3 aromatic rings. The van der Waals surface area contributed by atoms with E-state index in [1.165, 1.54) is 0 Å². The number of anilines is 1. The third kappa shape index (κ3) is 4.03. The molecule has 0 aliphatic rings. The molecule has 6 heteroatoms. The molecule has 0 saturated heterocycles. The van der Waals surface area contributed by atoms with Gasteiger partial charge in [0.2, 0.25) is 0 Å². The fourth-order valence-corrected chi connectivity index (χ4v) is 2.39. The summed E-state index contributed by atoms with van der Waals surface area (Å²) in [6.07, 6.45) is 0.702. The van der Waals surface area contributed by atoms with Crippen LogP contribution in [0.25, 0.3) is 22.2 Å². The maximum absolute atomic E-state index is 12.3. The number of halogens is 1. The van der Waals surface area contributed by atoms with E-state index in [0.29, 0.717) is 5.75 Å². The van der Waals surface area contributed by atoms with Gasteiger partial charge in [-0.05, 0) is 36.4 Å². The van der Waals surface area contributed by atoms with Crippen LogP contribution < -0.4 is 9.64 Å². The Kier molecular flexibility index (Phi) is 5.09. The molecular weight excluding hydrogens is 321 g/mol. The van der Waals surface area contributed by atoms with Crippen molar-refractivity contribution in [1.29, 1.82) is 0 Å². The van der Waals surface area contributed by atoms with Gasteiger partial charge in [0, 0.05) is 31.2 Å². The Labute approximate surface area is 145 Å². The minimum absolute atomic E-state index is 0.0720. The van der Waals surface area contributed by atoms with Gasteiger partial charge in [0.1, 0.15) is 31.0 Å². The predicted octanol–water partition coefficient (Wildman–Crippen LogP) is 3.07. The van der Waals surface area contributed by atoms with Crippen LogP contribution in [0.2, 0.25) is 0 Å². The van der Waals surface area contributed by atoms with Crippen LogP contribution in [0.3, 0.4) is 0 Å². The highest BCUT2D eigenvalue weighted by Crippen LogP contribution is 2.24. The molecule has 0 amide bonds. The fraction of sp³-hybridized carbons (Fsp3) is 0.263. The number of pyridine rings is 2. The zero-order valence-corrected chi connectivity index (χ0v) is 14.2. The first-order chi connectivity index (χ1) is 12.1. The van der Waals surface area contributed by atoms with Crippen LogP contribution in [0.15, 0.2) is 48.7 Å². The van der Waals surface area contributed by atoms with Crippen molar-refractivity contribution in [2.45, 2.75) is 6.10 Å². The molecule has 0 spiro atoms. The first-order valence-electron chi connectivity index (χ1n) is 7.98. The van der Waals surface area contributed by atoms with Gasteiger partial charge in [0.15, 0.2) is 0 Å². The maximum Gasteiger partial charge on any atom is 0.127 e. The largest absolute Gasteiger partial charge is 0.491 e. The molecule has 0 radical (unpaired) electrons. The summed E-state index contributed by atoms with van der Waals surface area (Å²) >= 11 is 0. The lowest BCUT2D eigenvalue weighted by Gasteiger charge is -2.12. The highest BCUT2D eigenvalue weighted by atomic mass is 19.1. The highest BCUT2D eigenvalue weighted by molar-refractivity contribution is 5.82. The third-order valence-electron chi connectivity index (χ3n) is 3.78. The molecule has 0 aliphatic carbocycles. The molecular formula is C19H20FN3O2. The number of rotatable bonds is 6. The Morgan fingerprint density at radius 2 is 2.00 bits per heavy atom. The molecule has 25 heavy (non-hydrogen) atoms. The van der Waals surface area contributed by atoms with Crippen molar-refractivity contribution in [3.63, 3.8) is 0 Å². The number of aliphatic hydroxyl groups is 1. The van der Waals surface area contributed by atoms with E-state index < -0.39 is 12.8 Å². The van der Waals surface area contributed by atoms with Crippen molar-refractivity contribution in [2.24, 2.45) is 0 Å². The number of ether oxygens (including phenoxy) is 1. The number of hydrogen-bond donors (Lipinski definition) is 1. The summed E-state index contributed by atoms with van der Waals surface area (Å²) in [5.74, 6) is 1.47. The van der Waals surface area contributed by atoms with Gasteiger partial charge < -0.3 is 14.7 Å². The number of benzene rings is 1. The Morgan fingerprint density at radius 3 is 2.68 bits per heavy atom. The Balaban J connectivity index is 1.82. The van der Waals surface area contributed by atoms with Gasteiger partial charge in [0.25, 0.3) is 0 Å². The van der Waals surface area contributed by atoms with Gasteiger partial charge in [-0.25, -0.2) is 14.4 Å². The zero-order valence-electron chi connectivity index (χ0n) is 14.2. The normalized spacial score (nSPS) is 12.2. The lowest BCUT2D eigenvalue weighted by Crippen LogP contribution is -2.19. The number of alkyl halides is 1. The molecule has 1 atom stereocenters. The molecule has 5 nitrogen and oxygen atoms in total. The van der Waals surface area contributed by atoms with Crippen molar-refractivity contribution < 1.29 is 14.2 Å². The van der Waals surface area contributed by atoms with E-state index in [1.54, 1.807) is 12.3 Å². The Bertz CT molecular complexity index is 853. The molecule has 2 aromatic heterocycles. The molecule has 3 rings (SSSR count). The average Bonchev–Trinajstić information content (AvgIpc) is 2.65. The summed E-state index contributed by atoms with van der Waals surface area (Å²) in [5, 5.41) is 10.1. The summed E-state index contributed by atoms with van der Waals surface area (Å²) in [6, 6.07) is 13.3. The van der Waals surface area contributed by atoms with Gasteiger partial charge in [-0.2, -0.15) is 0 Å². The van der Waals surface area contributed by atoms with E-state index in [4.69, 9.17) is 4.74 Å². The fourth-order valence-electron chi connectivity index (χ4n) is 2.39. The standard InChI is InChI=1S/C19H20FN3O2/c1-23(2)19-8-4-14(11-21-19)18-6-3-13-9-16(5-7-17(13)22-18)25-12-15(24)10-20/h3-9,11,15,24H,10,12H2,1-2H3. The number of hydrogen-bond acceptors (Lipinski definition) is 5. The molecule has 1 N–H and O–H groups in total. The molecule has 130 valence electrons. The third-order valence-corrected chi connectivity index (χ3v) is 3.78. The maximum atomic E-state index is 12.3. The molecule has 1 unspecified atom stereocenters. The van der Waals surface area contributed by atoms with E-state index in [1.807, 2.05) is 55.4 Å². The minimum atomic E-state index is -1.10.